The quantitative estimate of drug-likeness (QED) is 0.838. The lowest BCUT2D eigenvalue weighted by molar-refractivity contribution is 0.185. The smallest absolute Gasteiger partial charge is 0.320 e. The first-order valence-electron chi connectivity index (χ1n) is 7.44. The average molecular weight is 280 g/mol. The van der Waals surface area contributed by atoms with Crippen molar-refractivity contribution in [3.05, 3.63) is 71.8 Å². The highest BCUT2D eigenvalue weighted by Crippen LogP contribution is 2.30. The van der Waals surface area contributed by atoms with Crippen molar-refractivity contribution in [1.82, 2.24) is 9.80 Å². The molecule has 1 heterocycles. The number of benzene rings is 2. The van der Waals surface area contributed by atoms with Crippen LogP contribution in [0.25, 0.3) is 0 Å². The average Bonchev–Trinajstić information content (AvgIpc) is 2.86. The van der Waals surface area contributed by atoms with Gasteiger partial charge in [0.2, 0.25) is 0 Å². The molecule has 0 bridgehead atoms. The molecule has 0 aromatic heterocycles. The van der Waals surface area contributed by atoms with Crippen LogP contribution in [-0.4, -0.2) is 28.9 Å². The van der Waals surface area contributed by atoms with Gasteiger partial charge >= 0.3 is 6.03 Å². The minimum Gasteiger partial charge on any atom is -0.322 e. The van der Waals surface area contributed by atoms with Crippen LogP contribution in [0, 0.1) is 0 Å². The van der Waals surface area contributed by atoms with Gasteiger partial charge in [-0.15, -0.1) is 0 Å². The Labute approximate surface area is 125 Å². The summed E-state index contributed by atoms with van der Waals surface area (Å²) >= 11 is 0. The summed E-state index contributed by atoms with van der Waals surface area (Å²) in [5.41, 5.74) is 2.38. The summed E-state index contributed by atoms with van der Waals surface area (Å²) < 4.78 is 0. The van der Waals surface area contributed by atoms with E-state index in [4.69, 9.17) is 0 Å². The highest BCUT2D eigenvalue weighted by atomic mass is 16.2. The first kappa shape index (κ1) is 13.7. The number of carbonyl (C=O) groups excluding carboxylic acids is 1. The molecule has 1 atom stereocenters. The Bertz CT molecular complexity index is 597. The number of amides is 2. The molecule has 2 amide bonds. The summed E-state index contributed by atoms with van der Waals surface area (Å²) in [6.07, 6.45) is 0. The molecule has 2 aromatic carbocycles. The van der Waals surface area contributed by atoms with E-state index in [2.05, 4.69) is 24.3 Å². The SMILES string of the molecule is CCN1CC(c2ccccc2)N(Cc2ccccc2)C1=O. The molecule has 1 aliphatic heterocycles. The number of rotatable bonds is 4. The molecular formula is C18H20N2O. The lowest BCUT2D eigenvalue weighted by Gasteiger charge is -2.23. The van der Waals surface area contributed by atoms with Gasteiger partial charge in [0, 0.05) is 19.6 Å². The van der Waals surface area contributed by atoms with Crippen LogP contribution in [0.3, 0.4) is 0 Å². The molecule has 3 rings (SSSR count). The molecule has 2 aromatic rings. The fourth-order valence-electron chi connectivity index (χ4n) is 2.88. The normalized spacial score (nSPS) is 18.3. The van der Waals surface area contributed by atoms with E-state index in [0.717, 1.165) is 13.1 Å². The maximum atomic E-state index is 12.6. The lowest BCUT2D eigenvalue weighted by atomic mass is 10.1. The fourth-order valence-corrected chi connectivity index (χ4v) is 2.88. The van der Waals surface area contributed by atoms with Crippen LogP contribution < -0.4 is 0 Å². The second kappa shape index (κ2) is 6.00. The van der Waals surface area contributed by atoms with Crippen molar-refractivity contribution >= 4 is 6.03 Å². The summed E-state index contributed by atoms with van der Waals surface area (Å²) in [4.78, 5) is 16.5. The van der Waals surface area contributed by atoms with Crippen molar-refractivity contribution < 1.29 is 4.79 Å². The van der Waals surface area contributed by atoms with E-state index in [-0.39, 0.29) is 12.1 Å². The van der Waals surface area contributed by atoms with Gasteiger partial charge in [-0.05, 0) is 18.1 Å². The maximum absolute atomic E-state index is 12.6. The topological polar surface area (TPSA) is 23.6 Å². The number of carbonyl (C=O) groups is 1. The summed E-state index contributed by atoms with van der Waals surface area (Å²) in [7, 11) is 0. The molecule has 0 saturated carbocycles. The molecule has 1 saturated heterocycles. The molecule has 3 nitrogen and oxygen atoms in total. The van der Waals surface area contributed by atoms with E-state index in [0.29, 0.717) is 6.54 Å². The third-order valence-electron chi connectivity index (χ3n) is 4.05. The van der Waals surface area contributed by atoms with Crippen LogP contribution in [-0.2, 0) is 6.54 Å². The number of nitrogens with zero attached hydrogens (tertiary/aromatic N) is 2. The number of likely N-dealkylation sites (N-methyl/N-ethyl adjacent to an activating group) is 1. The van der Waals surface area contributed by atoms with Crippen LogP contribution in [0.2, 0.25) is 0 Å². The fraction of sp³-hybridized carbons (Fsp3) is 0.278. The Morgan fingerprint density at radius 2 is 1.62 bits per heavy atom. The Hall–Kier alpha value is -2.29. The molecule has 0 spiro atoms. The van der Waals surface area contributed by atoms with E-state index >= 15 is 0 Å². The monoisotopic (exact) mass is 280 g/mol. The van der Waals surface area contributed by atoms with Crippen LogP contribution in [0.1, 0.15) is 24.1 Å². The molecule has 0 N–H and O–H groups in total. The molecule has 1 aliphatic rings. The van der Waals surface area contributed by atoms with Gasteiger partial charge in [-0.25, -0.2) is 4.79 Å². The highest BCUT2D eigenvalue weighted by Gasteiger charge is 2.36. The van der Waals surface area contributed by atoms with E-state index in [1.54, 1.807) is 0 Å². The van der Waals surface area contributed by atoms with Gasteiger partial charge in [0.05, 0.1) is 6.04 Å². The summed E-state index contributed by atoms with van der Waals surface area (Å²) in [6.45, 7) is 4.22. The Morgan fingerprint density at radius 3 is 2.24 bits per heavy atom. The first-order chi connectivity index (χ1) is 10.3. The van der Waals surface area contributed by atoms with Crippen molar-refractivity contribution in [3.8, 4) is 0 Å². The minimum absolute atomic E-state index is 0.134. The highest BCUT2D eigenvalue weighted by molar-refractivity contribution is 5.77. The zero-order valence-corrected chi connectivity index (χ0v) is 12.3. The zero-order chi connectivity index (χ0) is 14.7. The van der Waals surface area contributed by atoms with Gasteiger partial charge in [-0.1, -0.05) is 60.7 Å². The maximum Gasteiger partial charge on any atom is 0.320 e. The van der Waals surface area contributed by atoms with Gasteiger partial charge in [-0.2, -0.15) is 0 Å². The summed E-state index contributed by atoms with van der Waals surface area (Å²) in [6, 6.07) is 20.8. The lowest BCUT2D eigenvalue weighted by Crippen LogP contribution is -2.32. The van der Waals surface area contributed by atoms with E-state index < -0.39 is 0 Å². The predicted molar refractivity (Wildman–Crippen MR) is 83.8 cm³/mol. The van der Waals surface area contributed by atoms with E-state index in [1.165, 1.54) is 11.1 Å². The Morgan fingerprint density at radius 1 is 1.00 bits per heavy atom. The molecule has 108 valence electrons. The second-order valence-corrected chi connectivity index (χ2v) is 5.36. The van der Waals surface area contributed by atoms with E-state index in [9.17, 15) is 4.79 Å². The van der Waals surface area contributed by atoms with Crippen molar-refractivity contribution in [2.75, 3.05) is 13.1 Å². The number of hydrogen-bond acceptors (Lipinski definition) is 1. The van der Waals surface area contributed by atoms with Gasteiger partial charge in [0.25, 0.3) is 0 Å². The third kappa shape index (κ3) is 2.77. The summed E-state index contributed by atoms with van der Waals surface area (Å²) in [5, 5.41) is 0. The van der Waals surface area contributed by atoms with Crippen molar-refractivity contribution in [3.63, 3.8) is 0 Å². The molecule has 1 unspecified atom stereocenters. The third-order valence-corrected chi connectivity index (χ3v) is 4.05. The summed E-state index contributed by atoms with van der Waals surface area (Å²) in [5.74, 6) is 0. The van der Waals surface area contributed by atoms with Gasteiger partial charge in [0.15, 0.2) is 0 Å². The number of urea groups is 1. The van der Waals surface area contributed by atoms with Gasteiger partial charge in [0.1, 0.15) is 0 Å². The van der Waals surface area contributed by atoms with Crippen molar-refractivity contribution in [2.45, 2.75) is 19.5 Å². The molecule has 1 fully saturated rings. The van der Waals surface area contributed by atoms with Gasteiger partial charge < -0.3 is 9.80 Å². The van der Waals surface area contributed by atoms with Crippen LogP contribution >= 0.6 is 0 Å². The first-order valence-corrected chi connectivity index (χ1v) is 7.44. The molecule has 0 aliphatic carbocycles. The Balaban J connectivity index is 1.88. The second-order valence-electron chi connectivity index (χ2n) is 5.36. The van der Waals surface area contributed by atoms with Gasteiger partial charge in [-0.3, -0.25) is 0 Å². The predicted octanol–water partition coefficient (Wildman–Crippen LogP) is 3.69. The van der Waals surface area contributed by atoms with Crippen LogP contribution in [0.4, 0.5) is 4.79 Å². The van der Waals surface area contributed by atoms with Crippen LogP contribution in [0.5, 0.6) is 0 Å². The molecule has 21 heavy (non-hydrogen) atoms. The Kier molecular flexibility index (Phi) is 3.91. The zero-order valence-electron chi connectivity index (χ0n) is 12.3. The number of hydrogen-bond donors (Lipinski definition) is 0. The van der Waals surface area contributed by atoms with Crippen molar-refractivity contribution in [2.24, 2.45) is 0 Å². The molecule has 3 heteroatoms. The molecule has 0 radical (unpaired) electrons. The standard InChI is InChI=1S/C18H20N2O/c1-2-19-14-17(16-11-7-4-8-12-16)20(18(19)21)13-15-9-5-3-6-10-15/h3-12,17H,2,13-14H2,1H3. The molecular weight excluding hydrogens is 260 g/mol. The van der Waals surface area contributed by atoms with Crippen molar-refractivity contribution in [1.29, 1.82) is 0 Å². The minimum atomic E-state index is 0.134. The van der Waals surface area contributed by atoms with E-state index in [1.807, 2.05) is 53.1 Å². The largest absolute Gasteiger partial charge is 0.322 e. The van der Waals surface area contributed by atoms with Crippen LogP contribution in [0.15, 0.2) is 60.7 Å².